The van der Waals surface area contributed by atoms with E-state index in [1.165, 1.54) is 4.90 Å². The highest BCUT2D eigenvalue weighted by molar-refractivity contribution is 6.29. The predicted molar refractivity (Wildman–Crippen MR) is 59.5 cm³/mol. The van der Waals surface area contributed by atoms with Crippen molar-refractivity contribution in [3.63, 3.8) is 0 Å². The lowest BCUT2D eigenvalue weighted by Crippen LogP contribution is -2.45. The van der Waals surface area contributed by atoms with E-state index in [-0.39, 0.29) is 5.15 Å². The third-order valence-corrected chi connectivity index (χ3v) is 2.00. The van der Waals surface area contributed by atoms with Gasteiger partial charge in [0.05, 0.1) is 0 Å². The quantitative estimate of drug-likeness (QED) is 0.752. The number of hydrogen-bond donors (Lipinski definition) is 1. The fraction of sp³-hybridized carbons (Fsp3) is 0.400. The summed E-state index contributed by atoms with van der Waals surface area (Å²) >= 11 is 5.71. The van der Waals surface area contributed by atoms with Gasteiger partial charge in [-0.15, -0.1) is 0 Å². The number of carboxylic acid groups (broad SMARTS) is 1. The maximum Gasteiger partial charge on any atom is 0.413 e. The number of anilines is 1. The molecule has 1 rings (SSSR count). The van der Waals surface area contributed by atoms with E-state index in [9.17, 15) is 4.79 Å². The van der Waals surface area contributed by atoms with Crippen LogP contribution in [0, 0.1) is 0 Å². The summed E-state index contributed by atoms with van der Waals surface area (Å²) in [6, 6.07) is 4.89. The molecule has 0 atom stereocenters. The standard InChI is InChI=1S/C10H13ClN2O2/c1-10(2,3)13(9(14)15)8-6-4-5-7(11)12-8/h4-6H,1-3H3,(H,14,15). The molecule has 1 amide bonds. The van der Waals surface area contributed by atoms with Crippen molar-refractivity contribution in [3.05, 3.63) is 23.4 Å². The number of halogens is 1. The summed E-state index contributed by atoms with van der Waals surface area (Å²) in [6.45, 7) is 5.39. The summed E-state index contributed by atoms with van der Waals surface area (Å²) in [5.74, 6) is 0.336. The molecule has 0 unspecified atom stereocenters. The summed E-state index contributed by atoms with van der Waals surface area (Å²) < 4.78 is 0. The Balaban J connectivity index is 3.16. The van der Waals surface area contributed by atoms with Crippen LogP contribution >= 0.6 is 11.6 Å². The fourth-order valence-corrected chi connectivity index (χ4v) is 1.41. The molecule has 15 heavy (non-hydrogen) atoms. The summed E-state index contributed by atoms with van der Waals surface area (Å²) in [5, 5.41) is 9.38. The molecule has 1 heterocycles. The van der Waals surface area contributed by atoms with Crippen LogP contribution < -0.4 is 4.90 Å². The Hall–Kier alpha value is -1.29. The highest BCUT2D eigenvalue weighted by Gasteiger charge is 2.28. The van der Waals surface area contributed by atoms with E-state index in [2.05, 4.69) is 4.98 Å². The van der Waals surface area contributed by atoms with Crippen LogP contribution in [-0.4, -0.2) is 21.7 Å². The van der Waals surface area contributed by atoms with Gasteiger partial charge in [-0.2, -0.15) is 0 Å². The average molecular weight is 229 g/mol. The van der Waals surface area contributed by atoms with Crippen molar-refractivity contribution in [3.8, 4) is 0 Å². The highest BCUT2D eigenvalue weighted by atomic mass is 35.5. The van der Waals surface area contributed by atoms with Gasteiger partial charge in [0.1, 0.15) is 11.0 Å². The molecule has 0 aliphatic carbocycles. The predicted octanol–water partition coefficient (Wildman–Crippen LogP) is 3.02. The van der Waals surface area contributed by atoms with Gasteiger partial charge in [0.15, 0.2) is 0 Å². The van der Waals surface area contributed by atoms with E-state index in [0.717, 1.165) is 0 Å². The molecule has 0 aromatic carbocycles. The molecule has 4 nitrogen and oxygen atoms in total. The van der Waals surface area contributed by atoms with Crippen LogP contribution in [0.15, 0.2) is 18.2 Å². The maximum atomic E-state index is 11.1. The normalized spacial score (nSPS) is 11.2. The minimum Gasteiger partial charge on any atom is -0.465 e. The Labute approximate surface area is 93.5 Å². The molecule has 82 valence electrons. The number of amides is 1. The number of aromatic nitrogens is 1. The van der Waals surface area contributed by atoms with Crippen molar-refractivity contribution < 1.29 is 9.90 Å². The molecule has 0 aliphatic rings. The molecule has 0 fully saturated rings. The van der Waals surface area contributed by atoms with Crippen molar-refractivity contribution in [2.45, 2.75) is 26.3 Å². The van der Waals surface area contributed by atoms with Crippen LogP contribution in [-0.2, 0) is 0 Å². The molecule has 0 radical (unpaired) electrons. The Morgan fingerprint density at radius 3 is 2.47 bits per heavy atom. The number of pyridine rings is 1. The van der Waals surface area contributed by atoms with Crippen LogP contribution in [0.25, 0.3) is 0 Å². The lowest BCUT2D eigenvalue weighted by atomic mass is 10.1. The van der Waals surface area contributed by atoms with E-state index in [1.807, 2.05) is 0 Å². The van der Waals surface area contributed by atoms with E-state index in [4.69, 9.17) is 16.7 Å². The van der Waals surface area contributed by atoms with E-state index in [1.54, 1.807) is 39.0 Å². The fourth-order valence-electron chi connectivity index (χ4n) is 1.25. The van der Waals surface area contributed by atoms with Crippen molar-refractivity contribution in [1.29, 1.82) is 0 Å². The minimum absolute atomic E-state index is 0.281. The molecule has 1 aromatic heterocycles. The van der Waals surface area contributed by atoms with Crippen molar-refractivity contribution in [2.24, 2.45) is 0 Å². The second-order valence-corrected chi connectivity index (χ2v) is 4.49. The summed E-state index contributed by atoms with van der Waals surface area (Å²) in [4.78, 5) is 16.3. The second-order valence-electron chi connectivity index (χ2n) is 4.11. The topological polar surface area (TPSA) is 53.4 Å². The lowest BCUT2D eigenvalue weighted by Gasteiger charge is -2.32. The van der Waals surface area contributed by atoms with Crippen molar-refractivity contribution in [2.75, 3.05) is 4.90 Å². The largest absolute Gasteiger partial charge is 0.465 e. The van der Waals surface area contributed by atoms with Gasteiger partial charge in [0, 0.05) is 5.54 Å². The van der Waals surface area contributed by atoms with Crippen molar-refractivity contribution in [1.82, 2.24) is 4.98 Å². The summed E-state index contributed by atoms with van der Waals surface area (Å²) in [7, 11) is 0. The second kappa shape index (κ2) is 4.06. The minimum atomic E-state index is -1.04. The molecule has 0 aliphatic heterocycles. The Morgan fingerprint density at radius 1 is 1.47 bits per heavy atom. The monoisotopic (exact) mass is 228 g/mol. The van der Waals surface area contributed by atoms with Gasteiger partial charge in [-0.25, -0.2) is 9.78 Å². The van der Waals surface area contributed by atoms with Crippen LogP contribution in [0.5, 0.6) is 0 Å². The number of rotatable bonds is 1. The van der Waals surface area contributed by atoms with Crippen LogP contribution in [0.4, 0.5) is 10.6 Å². The number of nitrogens with zero attached hydrogens (tertiary/aromatic N) is 2. The van der Waals surface area contributed by atoms with Gasteiger partial charge >= 0.3 is 6.09 Å². The molecule has 0 saturated heterocycles. The first kappa shape index (κ1) is 11.8. The molecule has 0 bridgehead atoms. The van der Waals surface area contributed by atoms with Gasteiger partial charge in [-0.1, -0.05) is 17.7 Å². The molecule has 0 saturated carbocycles. The summed E-state index contributed by atoms with van der Waals surface area (Å²) in [6.07, 6.45) is -1.04. The SMILES string of the molecule is CC(C)(C)N(C(=O)O)c1cccc(Cl)n1. The van der Waals surface area contributed by atoms with Gasteiger partial charge in [0.2, 0.25) is 0 Å². The number of hydrogen-bond acceptors (Lipinski definition) is 2. The Morgan fingerprint density at radius 2 is 2.07 bits per heavy atom. The highest BCUT2D eigenvalue weighted by Crippen LogP contribution is 2.23. The maximum absolute atomic E-state index is 11.1. The van der Waals surface area contributed by atoms with E-state index >= 15 is 0 Å². The van der Waals surface area contributed by atoms with Crippen LogP contribution in [0.1, 0.15) is 20.8 Å². The molecular weight excluding hydrogens is 216 g/mol. The van der Waals surface area contributed by atoms with Gasteiger partial charge in [-0.3, -0.25) is 4.90 Å². The first-order valence-electron chi connectivity index (χ1n) is 4.48. The molecule has 5 heteroatoms. The smallest absolute Gasteiger partial charge is 0.413 e. The third-order valence-electron chi connectivity index (χ3n) is 1.79. The lowest BCUT2D eigenvalue weighted by molar-refractivity contribution is 0.195. The summed E-state index contributed by atoms with van der Waals surface area (Å²) in [5.41, 5.74) is -0.552. The molecule has 1 N–H and O–H groups in total. The van der Waals surface area contributed by atoms with Crippen LogP contribution in [0.3, 0.4) is 0 Å². The van der Waals surface area contributed by atoms with Crippen LogP contribution in [0.2, 0.25) is 5.15 Å². The molecular formula is C10H13ClN2O2. The van der Waals surface area contributed by atoms with Gasteiger partial charge in [0.25, 0.3) is 0 Å². The van der Waals surface area contributed by atoms with Crippen molar-refractivity contribution >= 4 is 23.5 Å². The molecule has 0 spiro atoms. The number of carbonyl (C=O) groups is 1. The zero-order valence-corrected chi connectivity index (χ0v) is 9.62. The van der Waals surface area contributed by atoms with E-state index in [0.29, 0.717) is 5.82 Å². The van der Waals surface area contributed by atoms with E-state index < -0.39 is 11.6 Å². The first-order valence-corrected chi connectivity index (χ1v) is 4.86. The molecule has 1 aromatic rings. The zero-order valence-electron chi connectivity index (χ0n) is 8.86. The first-order chi connectivity index (χ1) is 6.82. The zero-order chi connectivity index (χ0) is 11.6. The Bertz CT molecular complexity index is 374. The van der Waals surface area contributed by atoms with Gasteiger partial charge in [-0.05, 0) is 32.9 Å². The third kappa shape index (κ3) is 2.83. The Kier molecular flexibility index (Phi) is 3.19. The average Bonchev–Trinajstić information content (AvgIpc) is 1.99. The van der Waals surface area contributed by atoms with Gasteiger partial charge < -0.3 is 5.11 Å².